The maximum Gasteiger partial charge on any atom is 0.240 e. The summed E-state index contributed by atoms with van der Waals surface area (Å²) in [6.45, 7) is 12.4. The molecule has 0 radical (unpaired) electrons. The van der Waals surface area contributed by atoms with Crippen LogP contribution in [0.4, 0.5) is 0 Å². The summed E-state index contributed by atoms with van der Waals surface area (Å²) in [5, 5.41) is 0. The van der Waals surface area contributed by atoms with Crippen molar-refractivity contribution in [3.05, 3.63) is 78.4 Å². The first-order valence-electron chi connectivity index (χ1n) is 11.2. The van der Waals surface area contributed by atoms with Crippen molar-refractivity contribution in [1.29, 1.82) is 0 Å². The van der Waals surface area contributed by atoms with E-state index < -0.39 is 18.3 Å². The Labute approximate surface area is 189 Å². The van der Waals surface area contributed by atoms with Gasteiger partial charge in [0, 0.05) is 6.04 Å². The number of nitrogens with one attached hydrogen (secondary N) is 1. The van der Waals surface area contributed by atoms with E-state index in [1.807, 2.05) is 37.3 Å². The van der Waals surface area contributed by atoms with Crippen molar-refractivity contribution in [3.63, 3.8) is 0 Å². The minimum absolute atomic E-state index is 0.154. The molecule has 4 nitrogen and oxygen atoms in total. The van der Waals surface area contributed by atoms with Crippen LogP contribution in [0, 0.1) is 6.92 Å². The van der Waals surface area contributed by atoms with Crippen LogP contribution < -0.4 is 4.72 Å². The van der Waals surface area contributed by atoms with Crippen LogP contribution in [-0.4, -0.2) is 22.8 Å². The Kier molecular flexibility index (Phi) is 9.69. The molecule has 0 unspecified atom stereocenters. The van der Waals surface area contributed by atoms with Gasteiger partial charge in [0.1, 0.15) is 0 Å². The molecule has 6 heteroatoms. The summed E-state index contributed by atoms with van der Waals surface area (Å²) in [6, 6.07) is 19.9. The lowest BCUT2D eigenvalue weighted by Gasteiger charge is -2.35. The predicted molar refractivity (Wildman–Crippen MR) is 132 cm³/mol. The molecule has 0 saturated carbocycles. The number of benzene rings is 2. The van der Waals surface area contributed by atoms with E-state index in [4.69, 9.17) is 4.43 Å². The monoisotopic (exact) mass is 459 g/mol. The van der Waals surface area contributed by atoms with Gasteiger partial charge in [-0.2, -0.15) is 0 Å². The molecule has 0 heterocycles. The van der Waals surface area contributed by atoms with Gasteiger partial charge in [-0.25, -0.2) is 13.1 Å². The summed E-state index contributed by atoms with van der Waals surface area (Å²) in [5.74, 6) is 0. The van der Waals surface area contributed by atoms with E-state index in [0.717, 1.165) is 29.3 Å². The average Bonchev–Trinajstić information content (AvgIpc) is 2.77. The van der Waals surface area contributed by atoms with Crippen molar-refractivity contribution in [2.24, 2.45) is 0 Å². The van der Waals surface area contributed by atoms with Gasteiger partial charge in [-0.15, -0.1) is 6.58 Å². The van der Waals surface area contributed by atoms with Crippen LogP contribution in [0.5, 0.6) is 0 Å². The molecule has 0 fully saturated rings. The minimum atomic E-state index is -3.63. The first-order chi connectivity index (χ1) is 14.8. The summed E-state index contributed by atoms with van der Waals surface area (Å²) in [4.78, 5) is 0.281. The van der Waals surface area contributed by atoms with Gasteiger partial charge in [0.15, 0.2) is 8.32 Å². The zero-order valence-electron chi connectivity index (χ0n) is 19.3. The highest BCUT2D eigenvalue weighted by molar-refractivity contribution is 7.89. The van der Waals surface area contributed by atoms with E-state index in [-0.39, 0.29) is 17.0 Å². The van der Waals surface area contributed by atoms with Crippen LogP contribution in [-0.2, 0) is 14.4 Å². The smallest absolute Gasteiger partial charge is 0.240 e. The van der Waals surface area contributed by atoms with Crippen molar-refractivity contribution in [2.45, 2.75) is 75.7 Å². The standard InChI is InChI=1S/C25H37NO3SSi/c1-6-13-23(26-30(27,28)24-18-16-21(5)17-19-24)20-25(22-14-11-10-12-15-22)29-31(7-2,8-3)9-4/h6,10-12,14-19,23,25-26H,1,7-9,13,20H2,2-5H3/t23-,25+/m0/s1. The largest absolute Gasteiger partial charge is 0.410 e. The molecule has 0 amide bonds. The van der Waals surface area contributed by atoms with Gasteiger partial charge < -0.3 is 4.43 Å². The van der Waals surface area contributed by atoms with Gasteiger partial charge in [0.25, 0.3) is 0 Å². The van der Waals surface area contributed by atoms with Crippen LogP contribution in [0.25, 0.3) is 0 Å². The molecule has 0 bridgehead atoms. The second-order valence-corrected chi connectivity index (χ2v) is 14.6. The van der Waals surface area contributed by atoms with E-state index in [1.54, 1.807) is 18.2 Å². The summed E-state index contributed by atoms with van der Waals surface area (Å²) in [6.07, 6.45) is 2.72. The second-order valence-electron chi connectivity index (χ2n) is 8.15. The summed E-state index contributed by atoms with van der Waals surface area (Å²) in [5.41, 5.74) is 2.12. The Morgan fingerprint density at radius 1 is 1.00 bits per heavy atom. The highest BCUT2D eigenvalue weighted by Crippen LogP contribution is 2.33. The molecule has 31 heavy (non-hydrogen) atoms. The highest BCUT2D eigenvalue weighted by atomic mass is 32.2. The lowest BCUT2D eigenvalue weighted by molar-refractivity contribution is 0.167. The number of hydrogen-bond donors (Lipinski definition) is 1. The molecule has 0 aliphatic carbocycles. The SMILES string of the molecule is C=CC[C@@H](C[C@@H](O[Si](CC)(CC)CC)c1ccccc1)NS(=O)(=O)c1ccc(C)cc1. The molecule has 2 atom stereocenters. The third-order valence-corrected chi connectivity index (χ3v) is 12.3. The van der Waals surface area contributed by atoms with Gasteiger partial charge in [-0.1, -0.05) is 74.9 Å². The molecule has 2 aromatic carbocycles. The number of aryl methyl sites for hydroxylation is 1. The topological polar surface area (TPSA) is 55.4 Å². The lowest BCUT2D eigenvalue weighted by atomic mass is 10.0. The Balaban J connectivity index is 2.31. The van der Waals surface area contributed by atoms with E-state index in [9.17, 15) is 8.42 Å². The van der Waals surface area contributed by atoms with Gasteiger partial charge in [0.2, 0.25) is 10.0 Å². The molecule has 1 N–H and O–H groups in total. The average molecular weight is 460 g/mol. The molecule has 0 spiro atoms. The quantitative estimate of drug-likeness (QED) is 0.280. The molecule has 0 saturated heterocycles. The summed E-state index contributed by atoms with van der Waals surface area (Å²) < 4.78 is 35.8. The third-order valence-electron chi connectivity index (χ3n) is 6.10. The highest BCUT2D eigenvalue weighted by Gasteiger charge is 2.34. The number of sulfonamides is 1. The van der Waals surface area contributed by atoms with Crippen LogP contribution in [0.15, 0.2) is 72.1 Å². The van der Waals surface area contributed by atoms with Crippen molar-refractivity contribution in [2.75, 3.05) is 0 Å². The number of hydrogen-bond acceptors (Lipinski definition) is 3. The second kappa shape index (κ2) is 11.8. The fraction of sp³-hybridized carbons (Fsp3) is 0.440. The zero-order valence-corrected chi connectivity index (χ0v) is 21.1. The van der Waals surface area contributed by atoms with E-state index in [2.05, 4.69) is 44.2 Å². The fourth-order valence-corrected chi connectivity index (χ4v) is 7.98. The first-order valence-corrected chi connectivity index (χ1v) is 15.2. The molecular weight excluding hydrogens is 422 g/mol. The fourth-order valence-electron chi connectivity index (χ4n) is 3.88. The van der Waals surface area contributed by atoms with Crippen LogP contribution in [0.3, 0.4) is 0 Å². The Hall–Kier alpha value is -1.73. The molecule has 2 rings (SSSR count). The molecule has 0 aliphatic heterocycles. The summed E-state index contributed by atoms with van der Waals surface area (Å²) in [7, 11) is -5.51. The van der Waals surface area contributed by atoms with Gasteiger partial charge in [0.05, 0.1) is 11.0 Å². The molecule has 2 aromatic rings. The normalized spacial score (nSPS) is 14.2. The molecule has 170 valence electrons. The van der Waals surface area contributed by atoms with Crippen molar-refractivity contribution < 1.29 is 12.8 Å². The van der Waals surface area contributed by atoms with E-state index >= 15 is 0 Å². The van der Waals surface area contributed by atoms with E-state index in [0.29, 0.717) is 12.8 Å². The van der Waals surface area contributed by atoms with Gasteiger partial charge >= 0.3 is 0 Å². The maximum absolute atomic E-state index is 13.0. The van der Waals surface area contributed by atoms with Crippen LogP contribution >= 0.6 is 0 Å². The van der Waals surface area contributed by atoms with E-state index in [1.165, 1.54) is 0 Å². The number of rotatable bonds is 13. The van der Waals surface area contributed by atoms with Crippen LogP contribution in [0.2, 0.25) is 18.1 Å². The Bertz CT molecular complexity index is 901. The van der Waals surface area contributed by atoms with Crippen molar-refractivity contribution in [3.8, 4) is 0 Å². The van der Waals surface area contributed by atoms with Crippen molar-refractivity contribution >= 4 is 18.3 Å². The molecule has 0 aliphatic rings. The molecular formula is C25H37NO3SSi. The Morgan fingerprint density at radius 2 is 1.58 bits per heavy atom. The predicted octanol–water partition coefficient (Wildman–Crippen LogP) is 6.37. The summed E-state index contributed by atoms with van der Waals surface area (Å²) >= 11 is 0. The first kappa shape index (κ1) is 25.5. The Morgan fingerprint density at radius 3 is 2.10 bits per heavy atom. The molecule has 0 aromatic heterocycles. The van der Waals surface area contributed by atoms with Crippen LogP contribution in [0.1, 0.15) is 50.8 Å². The maximum atomic E-state index is 13.0. The van der Waals surface area contributed by atoms with Crippen molar-refractivity contribution in [1.82, 2.24) is 4.72 Å². The van der Waals surface area contributed by atoms with Gasteiger partial charge in [-0.3, -0.25) is 0 Å². The minimum Gasteiger partial charge on any atom is -0.410 e. The third kappa shape index (κ3) is 7.14. The zero-order chi connectivity index (χ0) is 22.9. The van der Waals surface area contributed by atoms with Gasteiger partial charge in [-0.05, 0) is 55.6 Å². The lowest BCUT2D eigenvalue weighted by Crippen LogP contribution is -2.40.